The number of pyridine rings is 1. The molecule has 0 fully saturated rings. The summed E-state index contributed by atoms with van der Waals surface area (Å²) in [7, 11) is 1.59. The molecule has 0 saturated carbocycles. The average molecular weight is 577 g/mol. The van der Waals surface area contributed by atoms with Gasteiger partial charge in [0.15, 0.2) is 0 Å². The highest BCUT2D eigenvalue weighted by molar-refractivity contribution is 5.89. The van der Waals surface area contributed by atoms with Crippen LogP contribution in [0.1, 0.15) is 34.0 Å². The normalized spacial score (nSPS) is 11.6. The predicted molar refractivity (Wildman–Crippen MR) is 152 cm³/mol. The maximum atomic E-state index is 12.7. The summed E-state index contributed by atoms with van der Waals surface area (Å²) in [6.07, 6.45) is -3.88. The van der Waals surface area contributed by atoms with Gasteiger partial charge in [-0.05, 0) is 55.7 Å². The van der Waals surface area contributed by atoms with Crippen molar-refractivity contribution in [1.82, 2.24) is 10.3 Å². The summed E-state index contributed by atoms with van der Waals surface area (Å²) in [6, 6.07) is 21.2. The van der Waals surface area contributed by atoms with E-state index >= 15 is 0 Å². The van der Waals surface area contributed by atoms with E-state index in [1.165, 1.54) is 6.07 Å². The number of halogens is 4. The van der Waals surface area contributed by atoms with Crippen molar-refractivity contribution >= 4 is 29.3 Å². The first-order chi connectivity index (χ1) is 18.6. The van der Waals surface area contributed by atoms with E-state index in [1.54, 1.807) is 43.5 Å². The topological polar surface area (TPSA) is 80.4 Å². The largest absolute Gasteiger partial charge is 0.495 e. The van der Waals surface area contributed by atoms with E-state index in [0.717, 1.165) is 28.6 Å². The number of fused-ring (bicyclic) bond motifs is 1. The highest BCUT2D eigenvalue weighted by Gasteiger charge is 2.30. The number of methoxy groups -OCH3 is 1. The van der Waals surface area contributed by atoms with Crippen molar-refractivity contribution < 1.29 is 27.4 Å². The second-order valence-corrected chi connectivity index (χ2v) is 8.96. The molecular weight excluding hydrogens is 545 g/mol. The van der Waals surface area contributed by atoms with Crippen molar-refractivity contribution in [3.63, 3.8) is 0 Å². The number of ether oxygens (including phenoxy) is 2. The molecule has 1 heterocycles. The molecule has 0 aliphatic heterocycles. The number of hydrogen-bond acceptors (Lipinski definition) is 5. The molecule has 0 aliphatic rings. The van der Waals surface area contributed by atoms with Crippen LogP contribution in [0, 0.1) is 6.92 Å². The summed E-state index contributed by atoms with van der Waals surface area (Å²) in [5.74, 6) is 0.302. The van der Waals surface area contributed by atoms with E-state index in [-0.39, 0.29) is 30.6 Å². The fourth-order valence-corrected chi connectivity index (χ4v) is 4.00. The molecule has 0 spiro atoms. The Morgan fingerprint density at radius 3 is 2.38 bits per heavy atom. The summed E-state index contributed by atoms with van der Waals surface area (Å²) in [4.78, 5) is 25.8. The monoisotopic (exact) mass is 576 g/mol. The van der Waals surface area contributed by atoms with Gasteiger partial charge in [0.1, 0.15) is 12.4 Å². The Balaban J connectivity index is 0.000000316. The lowest BCUT2D eigenvalue weighted by Crippen LogP contribution is -2.31. The number of carbonyl (C=O) groups excluding carboxylic acids is 1. The Morgan fingerprint density at radius 2 is 1.70 bits per heavy atom. The minimum atomic E-state index is -4.34. The van der Waals surface area contributed by atoms with Crippen LogP contribution in [0.25, 0.3) is 10.9 Å². The Hall–Kier alpha value is -3.82. The summed E-state index contributed by atoms with van der Waals surface area (Å²) in [6.45, 7) is 4.41. The van der Waals surface area contributed by atoms with Gasteiger partial charge >= 0.3 is 12.1 Å². The van der Waals surface area contributed by atoms with E-state index in [2.05, 4.69) is 10.3 Å². The summed E-state index contributed by atoms with van der Waals surface area (Å²) < 4.78 is 48.4. The number of aromatic nitrogens is 1. The van der Waals surface area contributed by atoms with Crippen LogP contribution in [0.5, 0.6) is 5.75 Å². The third kappa shape index (κ3) is 9.43. The quantitative estimate of drug-likeness (QED) is 0.189. The minimum absolute atomic E-state index is 0. The van der Waals surface area contributed by atoms with Gasteiger partial charge in [-0.2, -0.15) is 13.2 Å². The molecule has 10 heteroatoms. The number of aryl methyl sites for hydroxylation is 1. The number of alkyl halides is 3. The van der Waals surface area contributed by atoms with Crippen LogP contribution in [0.3, 0.4) is 0 Å². The summed E-state index contributed by atoms with van der Waals surface area (Å²) in [5, 5.41) is 4.16. The highest BCUT2D eigenvalue weighted by atomic mass is 35.5. The second-order valence-electron chi connectivity index (χ2n) is 8.96. The van der Waals surface area contributed by atoms with Crippen LogP contribution >= 0.6 is 12.4 Å². The molecule has 40 heavy (non-hydrogen) atoms. The smallest absolute Gasteiger partial charge is 0.416 e. The molecule has 0 bridgehead atoms. The van der Waals surface area contributed by atoms with E-state index in [9.17, 15) is 22.8 Å². The SMILES string of the molecule is CC(Cc1cccc(C(F)(F)F)c1)NCCOC(=O)c1ccccc1.COc1cccc2c(C)cc(=O)[nH]c12.Cl. The number of nitrogens with one attached hydrogen (secondary N) is 2. The van der Waals surface area contributed by atoms with Crippen molar-refractivity contribution in [2.45, 2.75) is 32.5 Å². The van der Waals surface area contributed by atoms with Gasteiger partial charge in [-0.15, -0.1) is 12.4 Å². The van der Waals surface area contributed by atoms with Crippen LogP contribution < -0.4 is 15.6 Å². The Kier molecular flexibility index (Phi) is 12.2. The zero-order valence-electron chi connectivity index (χ0n) is 22.4. The molecule has 0 amide bonds. The first-order valence-corrected chi connectivity index (χ1v) is 12.4. The molecule has 6 nitrogen and oxygen atoms in total. The molecule has 0 radical (unpaired) electrons. The number of esters is 1. The number of carbonyl (C=O) groups is 1. The van der Waals surface area contributed by atoms with Crippen LogP contribution in [-0.4, -0.2) is 37.3 Å². The van der Waals surface area contributed by atoms with E-state index < -0.39 is 17.7 Å². The van der Waals surface area contributed by atoms with Crippen LogP contribution in [0.2, 0.25) is 0 Å². The lowest BCUT2D eigenvalue weighted by molar-refractivity contribution is -0.137. The lowest BCUT2D eigenvalue weighted by Gasteiger charge is -2.15. The van der Waals surface area contributed by atoms with Crippen molar-refractivity contribution in [2.75, 3.05) is 20.3 Å². The van der Waals surface area contributed by atoms with Crippen LogP contribution in [-0.2, 0) is 17.3 Å². The fraction of sp³-hybridized carbons (Fsp3) is 0.267. The van der Waals surface area contributed by atoms with E-state index in [0.29, 0.717) is 29.8 Å². The third-order valence-corrected chi connectivity index (χ3v) is 5.90. The molecule has 2 N–H and O–H groups in total. The number of benzene rings is 3. The predicted octanol–water partition coefficient (Wildman–Crippen LogP) is 6.35. The van der Waals surface area contributed by atoms with Gasteiger partial charge in [0.2, 0.25) is 5.56 Å². The molecule has 4 aromatic rings. The highest BCUT2D eigenvalue weighted by Crippen LogP contribution is 2.29. The second kappa shape index (κ2) is 15.1. The first kappa shape index (κ1) is 32.4. The van der Waals surface area contributed by atoms with Gasteiger partial charge < -0.3 is 19.8 Å². The van der Waals surface area contributed by atoms with Crippen molar-refractivity contribution in [2.24, 2.45) is 0 Å². The zero-order valence-corrected chi connectivity index (χ0v) is 23.2. The van der Waals surface area contributed by atoms with Gasteiger partial charge in [-0.1, -0.05) is 48.5 Å². The molecule has 1 aromatic heterocycles. The molecule has 4 rings (SSSR count). The Labute approximate surface area is 236 Å². The van der Waals surface area contributed by atoms with Gasteiger partial charge in [0.05, 0.1) is 23.8 Å². The number of rotatable bonds is 8. The maximum Gasteiger partial charge on any atom is 0.416 e. The van der Waals surface area contributed by atoms with Crippen molar-refractivity contribution in [3.8, 4) is 5.75 Å². The fourth-order valence-electron chi connectivity index (χ4n) is 4.00. The van der Waals surface area contributed by atoms with Gasteiger partial charge in [-0.25, -0.2) is 4.79 Å². The average Bonchev–Trinajstić information content (AvgIpc) is 2.91. The lowest BCUT2D eigenvalue weighted by atomic mass is 10.0. The van der Waals surface area contributed by atoms with Crippen molar-refractivity contribution in [3.05, 3.63) is 111 Å². The molecule has 214 valence electrons. The standard InChI is InChI=1S/C19H20F3NO2.C11H11NO2.ClH/c1-14(12-15-6-5-9-17(13-15)19(20,21)22)23-10-11-25-18(24)16-7-3-2-4-8-16;1-7-6-10(13)12-11-8(7)4-3-5-9(11)14-2;/h2-9,13-14,23H,10-12H2,1H3;3-6H,1-2H3,(H,12,13);1H. The zero-order chi connectivity index (χ0) is 28.4. The van der Waals surface area contributed by atoms with Gasteiger partial charge in [0, 0.05) is 24.0 Å². The van der Waals surface area contributed by atoms with Crippen LogP contribution in [0.15, 0.2) is 83.7 Å². The first-order valence-electron chi connectivity index (χ1n) is 12.4. The number of hydrogen-bond donors (Lipinski definition) is 2. The molecular formula is C30H32ClF3N2O4. The van der Waals surface area contributed by atoms with Gasteiger partial charge in [0.25, 0.3) is 0 Å². The number of H-pyrrole nitrogens is 1. The van der Waals surface area contributed by atoms with E-state index in [4.69, 9.17) is 9.47 Å². The molecule has 3 aromatic carbocycles. The Bertz CT molecular complexity index is 1440. The molecule has 0 aliphatic carbocycles. The molecule has 0 saturated heterocycles. The number of para-hydroxylation sites is 1. The summed E-state index contributed by atoms with van der Waals surface area (Å²) >= 11 is 0. The van der Waals surface area contributed by atoms with E-state index in [1.807, 2.05) is 38.1 Å². The van der Waals surface area contributed by atoms with Gasteiger partial charge in [-0.3, -0.25) is 4.79 Å². The summed E-state index contributed by atoms with van der Waals surface area (Å²) in [5.41, 5.74) is 2.08. The maximum absolute atomic E-state index is 12.7. The Morgan fingerprint density at radius 1 is 1.00 bits per heavy atom. The van der Waals surface area contributed by atoms with Crippen LogP contribution in [0.4, 0.5) is 13.2 Å². The van der Waals surface area contributed by atoms with Crippen molar-refractivity contribution in [1.29, 1.82) is 0 Å². The number of aromatic amines is 1. The molecule has 1 unspecified atom stereocenters. The minimum Gasteiger partial charge on any atom is -0.495 e. The third-order valence-electron chi connectivity index (χ3n) is 5.90. The molecule has 1 atom stereocenters.